The van der Waals surface area contributed by atoms with Crippen molar-refractivity contribution in [2.75, 3.05) is 38.2 Å². The lowest BCUT2D eigenvalue weighted by molar-refractivity contribution is 0.0186. The molecule has 1 saturated heterocycles. The van der Waals surface area contributed by atoms with Gasteiger partial charge in [0, 0.05) is 24.7 Å². The van der Waals surface area contributed by atoms with E-state index in [1.807, 2.05) is 0 Å². The maximum Gasteiger partial charge on any atom is 0.236 e. The number of aromatic nitrogens is 1. The Morgan fingerprint density at radius 3 is 2.56 bits per heavy atom. The average Bonchev–Trinajstić information content (AvgIpc) is 3.23. The molecule has 0 spiro atoms. The molecule has 0 amide bonds. The lowest BCUT2D eigenvalue weighted by atomic mass is 10.0. The monoisotopic (exact) mass is 452 g/mol. The third-order valence-corrected chi connectivity index (χ3v) is 5.61. The van der Waals surface area contributed by atoms with Crippen LogP contribution in [0.15, 0.2) is 52.9 Å². The van der Waals surface area contributed by atoms with Gasteiger partial charge in [0.05, 0.1) is 19.3 Å². The number of aryl methyl sites for hydroxylation is 1. The van der Waals surface area contributed by atoms with E-state index in [0.717, 1.165) is 13.1 Å². The fourth-order valence-corrected chi connectivity index (χ4v) is 3.75. The van der Waals surface area contributed by atoms with Crippen molar-refractivity contribution in [3.05, 3.63) is 76.3 Å². The summed E-state index contributed by atoms with van der Waals surface area (Å²) in [5.41, 5.74) is 2.63. The van der Waals surface area contributed by atoms with E-state index in [4.69, 9.17) is 25.5 Å². The van der Waals surface area contributed by atoms with Gasteiger partial charge < -0.3 is 19.2 Å². The zero-order valence-electron chi connectivity index (χ0n) is 17.9. The summed E-state index contributed by atoms with van der Waals surface area (Å²) in [6.07, 6.45) is 0. The number of morpholine rings is 1. The maximum absolute atomic E-state index is 9.51. The predicted molar refractivity (Wildman–Crippen MR) is 122 cm³/mol. The van der Waals surface area contributed by atoms with Crippen LogP contribution in [0.1, 0.15) is 28.8 Å². The van der Waals surface area contributed by atoms with Crippen molar-refractivity contribution in [1.82, 2.24) is 9.88 Å². The Kier molecular flexibility index (Phi) is 7.28. The molecule has 1 aliphatic rings. The van der Waals surface area contributed by atoms with Crippen LogP contribution in [0.3, 0.4) is 0 Å². The Balaban J connectivity index is 1.45. The molecule has 0 bridgehead atoms. The summed E-state index contributed by atoms with van der Waals surface area (Å²) in [5, 5.41) is 13.4. The Labute approximate surface area is 192 Å². The van der Waals surface area contributed by atoms with Crippen molar-refractivity contribution in [2.45, 2.75) is 19.6 Å². The third kappa shape index (κ3) is 5.60. The fraction of sp³-hybridized carbons (Fsp3) is 0.333. The minimum atomic E-state index is 0.114. The van der Waals surface area contributed by atoms with E-state index in [-0.39, 0.29) is 18.3 Å². The minimum Gasteiger partial charge on any atom is -0.484 e. The number of ether oxygens (including phenoxy) is 2. The zero-order chi connectivity index (χ0) is 22.3. The van der Waals surface area contributed by atoms with Gasteiger partial charge in [-0.05, 0) is 36.8 Å². The molecule has 4 rings (SSSR count). The molecule has 2 heterocycles. The van der Waals surface area contributed by atoms with Crippen LogP contribution >= 0.6 is 11.6 Å². The number of nitriles is 1. The van der Waals surface area contributed by atoms with Gasteiger partial charge in [-0.1, -0.05) is 41.4 Å². The van der Waals surface area contributed by atoms with Gasteiger partial charge in [-0.3, -0.25) is 4.90 Å². The molecule has 1 fully saturated rings. The summed E-state index contributed by atoms with van der Waals surface area (Å²) in [6.45, 7) is 5.88. The van der Waals surface area contributed by atoms with E-state index in [1.165, 1.54) is 11.1 Å². The summed E-state index contributed by atoms with van der Waals surface area (Å²) in [4.78, 5) is 6.64. The number of rotatable bonds is 8. The van der Waals surface area contributed by atoms with Crippen LogP contribution in [-0.4, -0.2) is 42.7 Å². The highest BCUT2D eigenvalue weighted by Crippen LogP contribution is 2.25. The van der Waals surface area contributed by atoms with Crippen LogP contribution in [0.4, 0.5) is 5.88 Å². The highest BCUT2D eigenvalue weighted by molar-refractivity contribution is 6.30. The van der Waals surface area contributed by atoms with Crippen LogP contribution in [-0.2, 0) is 11.3 Å². The summed E-state index contributed by atoms with van der Waals surface area (Å²) in [6, 6.07) is 17.8. The van der Waals surface area contributed by atoms with Gasteiger partial charge >= 0.3 is 0 Å². The molecule has 0 radical (unpaired) electrons. The Hall–Kier alpha value is -3.05. The number of hydrogen-bond acceptors (Lipinski definition) is 7. The number of hydrogen-bond donors (Lipinski definition) is 1. The lowest BCUT2D eigenvalue weighted by Gasteiger charge is -2.35. The van der Waals surface area contributed by atoms with Crippen molar-refractivity contribution in [3.8, 4) is 11.8 Å². The molecule has 166 valence electrons. The predicted octanol–water partition coefficient (Wildman–Crippen LogP) is 4.57. The molecule has 1 aromatic heterocycles. The molecule has 1 N–H and O–H groups in total. The molecule has 8 heteroatoms. The van der Waals surface area contributed by atoms with Gasteiger partial charge in [-0.15, -0.1) is 0 Å². The second-order valence-corrected chi connectivity index (χ2v) is 8.03. The van der Waals surface area contributed by atoms with Gasteiger partial charge in [0.2, 0.25) is 17.5 Å². The Bertz CT molecular complexity index is 1050. The van der Waals surface area contributed by atoms with Crippen LogP contribution in [0.5, 0.6) is 5.75 Å². The standard InChI is InChI=1S/C24H25ClN4O3/c1-17-2-4-18(5-3-17)22(29-10-12-30-13-11-29)15-27-24-21(14-26)28-23(32-24)16-31-20-8-6-19(25)7-9-20/h2-9,22,27H,10-13,15-16H2,1H3/t22-/m1/s1. The highest BCUT2D eigenvalue weighted by atomic mass is 35.5. The lowest BCUT2D eigenvalue weighted by Crippen LogP contribution is -2.41. The van der Waals surface area contributed by atoms with Crippen molar-refractivity contribution in [2.24, 2.45) is 0 Å². The van der Waals surface area contributed by atoms with Gasteiger partial charge in [-0.25, -0.2) is 0 Å². The van der Waals surface area contributed by atoms with Crippen LogP contribution in [0, 0.1) is 18.3 Å². The fourth-order valence-electron chi connectivity index (χ4n) is 3.62. The highest BCUT2D eigenvalue weighted by Gasteiger charge is 2.24. The molecular formula is C24H25ClN4O3. The number of halogens is 1. The van der Waals surface area contributed by atoms with Gasteiger partial charge in [0.25, 0.3) is 0 Å². The normalized spacial score (nSPS) is 15.2. The van der Waals surface area contributed by atoms with E-state index in [9.17, 15) is 5.26 Å². The van der Waals surface area contributed by atoms with Gasteiger partial charge in [0.15, 0.2) is 6.61 Å². The van der Waals surface area contributed by atoms with Crippen molar-refractivity contribution in [3.63, 3.8) is 0 Å². The number of nitrogens with one attached hydrogen (secondary N) is 1. The summed E-state index contributed by atoms with van der Waals surface area (Å²) in [5.74, 6) is 1.33. The summed E-state index contributed by atoms with van der Waals surface area (Å²) < 4.78 is 17.0. The van der Waals surface area contributed by atoms with Crippen LogP contribution < -0.4 is 10.1 Å². The first-order valence-electron chi connectivity index (χ1n) is 10.5. The zero-order valence-corrected chi connectivity index (χ0v) is 18.6. The molecule has 3 aromatic rings. The third-order valence-electron chi connectivity index (χ3n) is 5.36. The first kappa shape index (κ1) is 22.2. The van der Waals surface area contributed by atoms with Crippen LogP contribution in [0.2, 0.25) is 5.02 Å². The molecule has 1 atom stereocenters. The Morgan fingerprint density at radius 1 is 1.16 bits per heavy atom. The smallest absolute Gasteiger partial charge is 0.236 e. The number of oxazole rings is 1. The quantitative estimate of drug-likeness (QED) is 0.535. The molecule has 0 saturated carbocycles. The SMILES string of the molecule is Cc1ccc([C@@H](CNc2oc(COc3ccc(Cl)cc3)nc2C#N)N2CCOCC2)cc1. The average molecular weight is 453 g/mol. The minimum absolute atomic E-state index is 0.114. The summed E-state index contributed by atoms with van der Waals surface area (Å²) >= 11 is 5.90. The van der Waals surface area contributed by atoms with Crippen molar-refractivity contribution < 1.29 is 13.9 Å². The largest absolute Gasteiger partial charge is 0.484 e. The first-order valence-corrected chi connectivity index (χ1v) is 10.9. The second kappa shape index (κ2) is 10.5. The molecule has 2 aromatic carbocycles. The van der Waals surface area contributed by atoms with Crippen LogP contribution in [0.25, 0.3) is 0 Å². The van der Waals surface area contributed by atoms with E-state index in [0.29, 0.717) is 42.3 Å². The van der Waals surface area contributed by atoms with E-state index < -0.39 is 0 Å². The second-order valence-electron chi connectivity index (χ2n) is 7.60. The summed E-state index contributed by atoms with van der Waals surface area (Å²) in [7, 11) is 0. The molecule has 32 heavy (non-hydrogen) atoms. The van der Waals surface area contributed by atoms with E-state index >= 15 is 0 Å². The number of anilines is 1. The molecule has 0 unspecified atom stereocenters. The molecule has 0 aliphatic carbocycles. The topological polar surface area (TPSA) is 83.6 Å². The Morgan fingerprint density at radius 2 is 1.88 bits per heavy atom. The number of benzene rings is 2. The van der Waals surface area contributed by atoms with Crippen molar-refractivity contribution in [1.29, 1.82) is 5.26 Å². The number of nitrogens with zero attached hydrogens (tertiary/aromatic N) is 3. The maximum atomic E-state index is 9.51. The molecule has 1 aliphatic heterocycles. The molecule has 7 nitrogen and oxygen atoms in total. The van der Waals surface area contributed by atoms with E-state index in [1.54, 1.807) is 24.3 Å². The van der Waals surface area contributed by atoms with Crippen molar-refractivity contribution >= 4 is 17.5 Å². The first-order chi connectivity index (χ1) is 15.6. The molecular weight excluding hydrogens is 428 g/mol. The van der Waals surface area contributed by atoms with Gasteiger partial charge in [0.1, 0.15) is 11.8 Å². The van der Waals surface area contributed by atoms with Gasteiger partial charge in [-0.2, -0.15) is 10.2 Å². The van der Waals surface area contributed by atoms with E-state index in [2.05, 4.69) is 52.5 Å².